The van der Waals surface area contributed by atoms with Crippen molar-refractivity contribution in [3.8, 4) is 0 Å². The molecule has 3 nitrogen and oxygen atoms in total. The molecule has 1 rings (SSSR count). The molecule has 0 saturated carbocycles. The lowest BCUT2D eigenvalue weighted by atomic mass is 10.2. The van der Waals surface area contributed by atoms with Crippen molar-refractivity contribution in [3.05, 3.63) is 35.9 Å². The van der Waals surface area contributed by atoms with Crippen LogP contribution in [0.4, 0.5) is 0 Å². The van der Waals surface area contributed by atoms with Crippen LogP contribution in [-0.2, 0) is 17.5 Å². The van der Waals surface area contributed by atoms with Gasteiger partial charge in [0.1, 0.15) is 0 Å². The first-order valence-corrected chi connectivity index (χ1v) is 5.39. The Morgan fingerprint density at radius 1 is 1.31 bits per heavy atom. The van der Waals surface area contributed by atoms with Crippen LogP contribution in [0.15, 0.2) is 30.3 Å². The van der Waals surface area contributed by atoms with Gasteiger partial charge in [-0.2, -0.15) is 0 Å². The second kappa shape index (κ2) is 5.85. The van der Waals surface area contributed by atoms with E-state index in [4.69, 9.17) is 4.55 Å². The predicted molar refractivity (Wildman–Crippen MR) is 53.8 cm³/mol. The van der Waals surface area contributed by atoms with E-state index in [0.717, 1.165) is 13.0 Å². The lowest BCUT2D eigenvalue weighted by Crippen LogP contribution is -2.21. The van der Waals surface area contributed by atoms with Crippen molar-refractivity contribution in [2.45, 2.75) is 6.42 Å². The second-order valence-electron chi connectivity index (χ2n) is 2.70. The standard InChI is InChI=1S/C9H13NO2S/c11-13(12)8-10-7-6-9-4-2-1-3-5-9/h1-5,10H,6-8H2,(H,11,12). The van der Waals surface area contributed by atoms with Gasteiger partial charge in [-0.05, 0) is 12.0 Å². The summed E-state index contributed by atoms with van der Waals surface area (Å²) in [6.07, 6.45) is 0.887. The molecule has 0 spiro atoms. The van der Waals surface area contributed by atoms with Gasteiger partial charge in [-0.15, -0.1) is 0 Å². The molecule has 1 aromatic carbocycles. The van der Waals surface area contributed by atoms with Gasteiger partial charge in [-0.25, -0.2) is 4.21 Å². The van der Waals surface area contributed by atoms with Gasteiger partial charge in [0.05, 0.1) is 5.88 Å². The monoisotopic (exact) mass is 199 g/mol. The van der Waals surface area contributed by atoms with E-state index >= 15 is 0 Å². The van der Waals surface area contributed by atoms with Gasteiger partial charge >= 0.3 is 0 Å². The molecule has 72 valence electrons. The van der Waals surface area contributed by atoms with Crippen LogP contribution in [-0.4, -0.2) is 21.2 Å². The summed E-state index contributed by atoms with van der Waals surface area (Å²) in [7, 11) is 0. The first-order chi connectivity index (χ1) is 6.29. The van der Waals surface area contributed by atoms with Gasteiger partial charge in [0.2, 0.25) is 0 Å². The quantitative estimate of drug-likeness (QED) is 0.549. The summed E-state index contributed by atoms with van der Waals surface area (Å²) in [5, 5.41) is 2.88. The van der Waals surface area contributed by atoms with E-state index in [0.29, 0.717) is 0 Å². The van der Waals surface area contributed by atoms with E-state index in [1.165, 1.54) is 5.56 Å². The maximum Gasteiger partial charge on any atom is 0.167 e. The Morgan fingerprint density at radius 3 is 2.62 bits per heavy atom. The minimum atomic E-state index is -1.73. The van der Waals surface area contributed by atoms with Gasteiger partial charge in [-0.3, -0.25) is 0 Å². The zero-order valence-electron chi connectivity index (χ0n) is 7.27. The third kappa shape index (κ3) is 4.77. The smallest absolute Gasteiger partial charge is 0.167 e. The van der Waals surface area contributed by atoms with E-state index in [1.807, 2.05) is 30.3 Å². The molecule has 2 N–H and O–H groups in total. The van der Waals surface area contributed by atoms with Crippen molar-refractivity contribution >= 4 is 11.1 Å². The Hall–Kier alpha value is -0.710. The largest absolute Gasteiger partial charge is 0.305 e. The van der Waals surface area contributed by atoms with Crippen molar-refractivity contribution in [1.82, 2.24) is 5.32 Å². The summed E-state index contributed by atoms with van der Waals surface area (Å²) in [6, 6.07) is 10.0. The SMILES string of the molecule is O=S(O)CNCCc1ccccc1. The number of hydrogen-bond acceptors (Lipinski definition) is 2. The van der Waals surface area contributed by atoms with Crippen LogP contribution in [0.1, 0.15) is 5.56 Å². The zero-order valence-corrected chi connectivity index (χ0v) is 8.09. The fourth-order valence-electron chi connectivity index (χ4n) is 1.04. The maximum atomic E-state index is 10.3. The Bertz CT molecular complexity index is 264. The van der Waals surface area contributed by atoms with E-state index in [1.54, 1.807) is 0 Å². The van der Waals surface area contributed by atoms with E-state index in [2.05, 4.69) is 5.32 Å². The molecule has 1 aromatic rings. The van der Waals surface area contributed by atoms with Crippen LogP contribution < -0.4 is 5.32 Å². The van der Waals surface area contributed by atoms with E-state index in [9.17, 15) is 4.21 Å². The Balaban J connectivity index is 2.17. The zero-order chi connectivity index (χ0) is 9.52. The molecule has 0 aliphatic rings. The Kier molecular flexibility index (Phi) is 4.67. The highest BCUT2D eigenvalue weighted by molar-refractivity contribution is 7.79. The molecule has 0 radical (unpaired) electrons. The van der Waals surface area contributed by atoms with Crippen molar-refractivity contribution in [2.24, 2.45) is 0 Å². The number of nitrogens with one attached hydrogen (secondary N) is 1. The summed E-state index contributed by atoms with van der Waals surface area (Å²) in [4.78, 5) is 0. The number of benzene rings is 1. The van der Waals surface area contributed by atoms with Gasteiger partial charge in [0, 0.05) is 6.54 Å². The first kappa shape index (κ1) is 10.4. The maximum absolute atomic E-state index is 10.3. The Morgan fingerprint density at radius 2 is 2.00 bits per heavy atom. The third-order valence-corrected chi connectivity index (χ3v) is 2.11. The molecule has 0 amide bonds. The fourth-order valence-corrected chi connectivity index (χ4v) is 1.36. The average Bonchev–Trinajstić information content (AvgIpc) is 2.14. The highest BCUT2D eigenvalue weighted by atomic mass is 32.2. The molecule has 0 aromatic heterocycles. The summed E-state index contributed by atoms with van der Waals surface area (Å²) in [6.45, 7) is 0.732. The molecule has 0 aliphatic carbocycles. The molecule has 13 heavy (non-hydrogen) atoms. The van der Waals surface area contributed by atoms with Crippen LogP contribution in [0, 0.1) is 0 Å². The molecule has 1 atom stereocenters. The van der Waals surface area contributed by atoms with Crippen molar-refractivity contribution < 1.29 is 8.76 Å². The highest BCUT2D eigenvalue weighted by Crippen LogP contribution is 1.97. The minimum Gasteiger partial charge on any atom is -0.305 e. The normalized spacial score (nSPS) is 12.7. The number of hydrogen-bond donors (Lipinski definition) is 2. The van der Waals surface area contributed by atoms with Crippen molar-refractivity contribution in [3.63, 3.8) is 0 Å². The molecular weight excluding hydrogens is 186 g/mol. The molecule has 0 bridgehead atoms. The predicted octanol–water partition coefficient (Wildman–Crippen LogP) is 0.998. The van der Waals surface area contributed by atoms with E-state index in [-0.39, 0.29) is 5.88 Å². The molecule has 0 fully saturated rings. The highest BCUT2D eigenvalue weighted by Gasteiger charge is 1.93. The summed E-state index contributed by atoms with van der Waals surface area (Å²) in [5.41, 5.74) is 1.23. The topological polar surface area (TPSA) is 49.3 Å². The summed E-state index contributed by atoms with van der Waals surface area (Å²) >= 11 is -1.73. The minimum absolute atomic E-state index is 0.146. The molecule has 0 aliphatic heterocycles. The van der Waals surface area contributed by atoms with E-state index < -0.39 is 11.1 Å². The molecule has 0 saturated heterocycles. The lowest BCUT2D eigenvalue weighted by Gasteiger charge is -2.01. The Labute approximate surface area is 80.5 Å². The van der Waals surface area contributed by atoms with Gasteiger partial charge in [0.25, 0.3) is 0 Å². The third-order valence-electron chi connectivity index (χ3n) is 1.66. The first-order valence-electron chi connectivity index (χ1n) is 4.11. The molecule has 4 heteroatoms. The summed E-state index contributed by atoms with van der Waals surface area (Å²) in [5.74, 6) is 0.146. The van der Waals surface area contributed by atoms with Gasteiger partial charge in [-0.1, -0.05) is 30.3 Å². The molecule has 0 heterocycles. The van der Waals surface area contributed by atoms with Crippen molar-refractivity contribution in [2.75, 3.05) is 12.4 Å². The molecular formula is C9H13NO2S. The second-order valence-corrected chi connectivity index (χ2v) is 3.63. The van der Waals surface area contributed by atoms with Crippen LogP contribution in [0.25, 0.3) is 0 Å². The van der Waals surface area contributed by atoms with Gasteiger partial charge < -0.3 is 9.87 Å². The van der Waals surface area contributed by atoms with Crippen molar-refractivity contribution in [1.29, 1.82) is 0 Å². The van der Waals surface area contributed by atoms with Crippen LogP contribution in [0.2, 0.25) is 0 Å². The van der Waals surface area contributed by atoms with Gasteiger partial charge in [0.15, 0.2) is 11.1 Å². The average molecular weight is 199 g/mol. The number of rotatable bonds is 5. The van der Waals surface area contributed by atoms with Crippen LogP contribution >= 0.6 is 0 Å². The lowest BCUT2D eigenvalue weighted by molar-refractivity contribution is 0.555. The van der Waals surface area contributed by atoms with Crippen LogP contribution in [0.5, 0.6) is 0 Å². The van der Waals surface area contributed by atoms with Crippen LogP contribution in [0.3, 0.4) is 0 Å². The summed E-state index contributed by atoms with van der Waals surface area (Å²) < 4.78 is 18.7. The fraction of sp³-hybridized carbons (Fsp3) is 0.333. The molecule has 1 unspecified atom stereocenters.